The van der Waals surface area contributed by atoms with Crippen molar-refractivity contribution in [2.45, 2.75) is 6.42 Å². The minimum absolute atomic E-state index is 0.200. The van der Waals surface area contributed by atoms with E-state index in [2.05, 4.69) is 0 Å². The highest BCUT2D eigenvalue weighted by Crippen LogP contribution is 2.48. The van der Waals surface area contributed by atoms with Crippen molar-refractivity contribution in [3.63, 3.8) is 0 Å². The van der Waals surface area contributed by atoms with Gasteiger partial charge in [-0.25, -0.2) is 9.86 Å². The van der Waals surface area contributed by atoms with Gasteiger partial charge >= 0.3 is 5.97 Å². The van der Waals surface area contributed by atoms with E-state index in [4.69, 9.17) is 10.2 Å². The van der Waals surface area contributed by atoms with Crippen LogP contribution in [0.15, 0.2) is 12.2 Å². The lowest BCUT2D eigenvalue weighted by Gasteiger charge is -2.23. The number of carbonyl (C=O) groups is 2. The third-order valence-corrected chi connectivity index (χ3v) is 3.78. The molecule has 4 N–H and O–H groups in total. The quantitative estimate of drug-likeness (QED) is 0.551. The van der Waals surface area contributed by atoms with E-state index in [1.165, 1.54) is 0 Å². The highest BCUT2D eigenvalue weighted by molar-refractivity contribution is 7.87. The molecule has 8 heteroatoms. The van der Waals surface area contributed by atoms with Gasteiger partial charge < -0.3 is 5.11 Å². The molecule has 94 valence electrons. The van der Waals surface area contributed by atoms with Gasteiger partial charge in [-0.15, -0.1) is 0 Å². The molecule has 0 unspecified atom stereocenters. The van der Waals surface area contributed by atoms with Crippen LogP contribution in [0, 0.1) is 23.7 Å². The molecule has 1 saturated carbocycles. The van der Waals surface area contributed by atoms with E-state index in [-0.39, 0.29) is 11.8 Å². The summed E-state index contributed by atoms with van der Waals surface area (Å²) in [5.41, 5.74) is 0. The fraction of sp³-hybridized carbons (Fsp3) is 0.556. The third kappa shape index (κ3) is 2.18. The Labute approximate surface area is 97.9 Å². The zero-order valence-corrected chi connectivity index (χ0v) is 9.55. The second-order valence-corrected chi connectivity index (χ2v) is 5.64. The largest absolute Gasteiger partial charge is 0.481 e. The molecule has 0 aromatic heterocycles. The van der Waals surface area contributed by atoms with E-state index in [0.29, 0.717) is 6.42 Å². The van der Waals surface area contributed by atoms with E-state index >= 15 is 0 Å². The third-order valence-electron chi connectivity index (χ3n) is 3.29. The fourth-order valence-electron chi connectivity index (χ4n) is 2.72. The van der Waals surface area contributed by atoms with E-state index in [0.717, 1.165) is 0 Å². The van der Waals surface area contributed by atoms with Gasteiger partial charge in [-0.3, -0.25) is 9.59 Å². The minimum Gasteiger partial charge on any atom is -0.481 e. The van der Waals surface area contributed by atoms with Gasteiger partial charge in [0, 0.05) is 0 Å². The summed E-state index contributed by atoms with van der Waals surface area (Å²) >= 11 is 0. The molecule has 0 spiro atoms. The maximum Gasteiger partial charge on any atom is 0.307 e. The molecule has 1 fully saturated rings. The lowest BCUT2D eigenvalue weighted by atomic mass is 9.83. The van der Waals surface area contributed by atoms with Crippen LogP contribution in [-0.2, 0) is 19.8 Å². The average Bonchev–Trinajstić information content (AvgIpc) is 2.72. The van der Waals surface area contributed by atoms with Crippen LogP contribution in [-0.4, -0.2) is 25.4 Å². The molecule has 7 nitrogen and oxygen atoms in total. The summed E-state index contributed by atoms with van der Waals surface area (Å²) < 4.78 is 23.2. The number of allylic oxidation sites excluding steroid dienone is 2. The number of hydrogen-bond donors (Lipinski definition) is 3. The number of nitrogens with one attached hydrogen (secondary N) is 1. The van der Waals surface area contributed by atoms with Gasteiger partial charge in [-0.2, -0.15) is 8.42 Å². The second kappa shape index (κ2) is 3.81. The van der Waals surface area contributed by atoms with Crippen LogP contribution in [0.4, 0.5) is 0 Å². The standard InChI is InChI=1S/C9H12N2O5S/c10-17(15,16)11-8(12)6-4-1-2-5(3-4)7(6)9(13)14/h1-2,4-7H,3H2,(H,11,12)(H,13,14)(H2,10,15,16)/t4-,5-,6+,7-/m0/s1. The Morgan fingerprint density at radius 1 is 1.24 bits per heavy atom. The molecule has 2 bridgehead atoms. The average molecular weight is 260 g/mol. The molecule has 4 atom stereocenters. The summed E-state index contributed by atoms with van der Waals surface area (Å²) in [5, 5.41) is 13.8. The number of carboxylic acid groups (broad SMARTS) is 1. The first-order valence-electron chi connectivity index (χ1n) is 5.05. The van der Waals surface area contributed by atoms with E-state index in [1.807, 2.05) is 0 Å². The van der Waals surface area contributed by atoms with Gasteiger partial charge in [-0.05, 0) is 18.3 Å². The Morgan fingerprint density at radius 3 is 2.24 bits per heavy atom. The number of carboxylic acids is 1. The van der Waals surface area contributed by atoms with Crippen LogP contribution < -0.4 is 9.86 Å². The zero-order chi connectivity index (χ0) is 12.8. The summed E-state index contributed by atoms with van der Waals surface area (Å²) in [4.78, 5) is 22.8. The molecule has 2 aliphatic carbocycles. The Kier molecular flexibility index (Phi) is 2.70. The molecule has 0 heterocycles. The number of rotatable bonds is 3. The van der Waals surface area contributed by atoms with Gasteiger partial charge in [-0.1, -0.05) is 12.2 Å². The van der Waals surface area contributed by atoms with Gasteiger partial charge in [0.15, 0.2) is 0 Å². The fourth-order valence-corrected chi connectivity index (χ4v) is 3.14. The molecular weight excluding hydrogens is 248 g/mol. The first kappa shape index (κ1) is 12.1. The molecule has 0 aromatic carbocycles. The Balaban J connectivity index is 2.23. The number of carbonyl (C=O) groups excluding carboxylic acids is 1. The molecule has 0 aliphatic heterocycles. The first-order valence-corrected chi connectivity index (χ1v) is 6.60. The molecule has 1 amide bonds. The predicted molar refractivity (Wildman–Crippen MR) is 56.6 cm³/mol. The first-order chi connectivity index (χ1) is 7.79. The normalized spacial score (nSPS) is 34.9. The highest BCUT2D eigenvalue weighted by Gasteiger charge is 2.52. The summed E-state index contributed by atoms with van der Waals surface area (Å²) in [7, 11) is -4.14. The van der Waals surface area contributed by atoms with Gasteiger partial charge in [0.25, 0.3) is 10.2 Å². The van der Waals surface area contributed by atoms with Crippen LogP contribution in [0.2, 0.25) is 0 Å². The van der Waals surface area contributed by atoms with Crippen LogP contribution in [0.1, 0.15) is 6.42 Å². The molecule has 17 heavy (non-hydrogen) atoms. The molecule has 0 saturated heterocycles. The smallest absolute Gasteiger partial charge is 0.307 e. The van der Waals surface area contributed by atoms with Crippen molar-refractivity contribution < 1.29 is 23.1 Å². The van der Waals surface area contributed by atoms with Crippen molar-refractivity contribution in [3.05, 3.63) is 12.2 Å². The summed E-state index contributed by atoms with van der Waals surface area (Å²) in [6.45, 7) is 0. The van der Waals surface area contributed by atoms with E-state index in [9.17, 15) is 18.0 Å². The van der Waals surface area contributed by atoms with Crippen molar-refractivity contribution >= 4 is 22.1 Å². The van der Waals surface area contributed by atoms with Crippen LogP contribution in [0.25, 0.3) is 0 Å². The van der Waals surface area contributed by atoms with Gasteiger partial charge in [0.05, 0.1) is 11.8 Å². The van der Waals surface area contributed by atoms with Gasteiger partial charge in [0.1, 0.15) is 0 Å². The molecular formula is C9H12N2O5S. The van der Waals surface area contributed by atoms with Crippen molar-refractivity contribution in [3.8, 4) is 0 Å². The van der Waals surface area contributed by atoms with Crippen molar-refractivity contribution in [2.24, 2.45) is 28.8 Å². The Hall–Kier alpha value is -1.41. The summed E-state index contributed by atoms with van der Waals surface area (Å²) in [6.07, 6.45) is 4.10. The number of amides is 1. The SMILES string of the molecule is NS(=O)(=O)NC(=O)[C@H]1[C@@H](C(=O)O)[C@H]2C=C[C@H]1C2. The maximum atomic E-state index is 11.7. The van der Waals surface area contributed by atoms with Crippen LogP contribution >= 0.6 is 0 Å². The van der Waals surface area contributed by atoms with Crippen LogP contribution in [0.3, 0.4) is 0 Å². The zero-order valence-electron chi connectivity index (χ0n) is 8.74. The lowest BCUT2D eigenvalue weighted by Crippen LogP contribution is -2.44. The lowest BCUT2D eigenvalue weighted by molar-refractivity contribution is -0.147. The predicted octanol–water partition coefficient (Wildman–Crippen LogP) is -1.17. The van der Waals surface area contributed by atoms with Crippen LogP contribution in [0.5, 0.6) is 0 Å². The number of hydrogen-bond acceptors (Lipinski definition) is 4. The summed E-state index contributed by atoms with van der Waals surface area (Å²) in [5.74, 6) is -4.07. The number of nitrogens with two attached hydrogens (primary N) is 1. The Morgan fingerprint density at radius 2 is 1.76 bits per heavy atom. The van der Waals surface area contributed by atoms with Crippen molar-refractivity contribution in [1.29, 1.82) is 0 Å². The van der Waals surface area contributed by atoms with E-state index < -0.39 is 33.9 Å². The van der Waals surface area contributed by atoms with Crippen molar-refractivity contribution in [1.82, 2.24) is 4.72 Å². The van der Waals surface area contributed by atoms with Gasteiger partial charge in [0.2, 0.25) is 5.91 Å². The summed E-state index contributed by atoms with van der Waals surface area (Å²) in [6, 6.07) is 0. The highest BCUT2D eigenvalue weighted by atomic mass is 32.2. The van der Waals surface area contributed by atoms with E-state index in [1.54, 1.807) is 16.9 Å². The Bertz CT molecular complexity index is 498. The van der Waals surface area contributed by atoms with Crippen molar-refractivity contribution in [2.75, 3.05) is 0 Å². The molecule has 0 radical (unpaired) electrons. The monoisotopic (exact) mass is 260 g/mol. The topological polar surface area (TPSA) is 127 Å². The maximum absolute atomic E-state index is 11.7. The second-order valence-electron chi connectivity index (χ2n) is 4.35. The minimum atomic E-state index is -4.14. The molecule has 2 rings (SSSR count). The number of aliphatic carboxylic acids is 1. The molecule has 0 aromatic rings. The molecule has 2 aliphatic rings. The number of fused-ring (bicyclic) bond motifs is 2.